The lowest BCUT2D eigenvalue weighted by molar-refractivity contribution is -0.136. The highest BCUT2D eigenvalue weighted by atomic mass is 32.1. The third kappa shape index (κ3) is 4.97. The second kappa shape index (κ2) is 8.83. The zero-order valence-corrected chi connectivity index (χ0v) is 16.7. The SMILES string of the molecule is Cc1c(C(=O)OCC(=O)N(C)CC(=O)Nc2ccc(F)cc2)sc2ccccc12. The Morgan fingerprint density at radius 3 is 2.48 bits per heavy atom. The highest BCUT2D eigenvalue weighted by Gasteiger charge is 2.19. The van der Waals surface area contributed by atoms with Crippen LogP contribution in [0.5, 0.6) is 0 Å². The minimum Gasteiger partial charge on any atom is -0.451 e. The number of anilines is 1. The molecule has 0 unspecified atom stereocenters. The molecule has 0 fully saturated rings. The van der Waals surface area contributed by atoms with Crippen molar-refractivity contribution >= 4 is 44.9 Å². The van der Waals surface area contributed by atoms with Crippen LogP contribution in [0.3, 0.4) is 0 Å². The van der Waals surface area contributed by atoms with Crippen LogP contribution in [0.15, 0.2) is 48.5 Å². The van der Waals surface area contributed by atoms with Gasteiger partial charge in [-0.2, -0.15) is 0 Å². The van der Waals surface area contributed by atoms with Gasteiger partial charge in [0.25, 0.3) is 5.91 Å². The Morgan fingerprint density at radius 1 is 1.10 bits per heavy atom. The van der Waals surface area contributed by atoms with Gasteiger partial charge in [0.1, 0.15) is 10.7 Å². The largest absolute Gasteiger partial charge is 0.451 e. The number of fused-ring (bicyclic) bond motifs is 1. The minimum atomic E-state index is -0.568. The summed E-state index contributed by atoms with van der Waals surface area (Å²) in [7, 11) is 1.44. The highest BCUT2D eigenvalue weighted by Crippen LogP contribution is 2.30. The van der Waals surface area contributed by atoms with Crippen LogP contribution in [0.2, 0.25) is 0 Å². The Kier molecular flexibility index (Phi) is 6.23. The van der Waals surface area contributed by atoms with E-state index in [4.69, 9.17) is 4.74 Å². The number of hydrogen-bond acceptors (Lipinski definition) is 5. The molecule has 0 aliphatic carbocycles. The molecule has 1 aromatic heterocycles. The zero-order valence-electron chi connectivity index (χ0n) is 15.9. The van der Waals surface area contributed by atoms with Gasteiger partial charge in [-0.1, -0.05) is 18.2 Å². The molecule has 0 aliphatic rings. The van der Waals surface area contributed by atoms with Gasteiger partial charge < -0.3 is 15.0 Å². The van der Waals surface area contributed by atoms with E-state index < -0.39 is 30.2 Å². The molecule has 3 aromatic rings. The maximum absolute atomic E-state index is 12.9. The van der Waals surface area contributed by atoms with Crippen molar-refractivity contribution < 1.29 is 23.5 Å². The fraction of sp³-hybridized carbons (Fsp3) is 0.190. The van der Waals surface area contributed by atoms with Crippen LogP contribution in [0.1, 0.15) is 15.2 Å². The average Bonchev–Trinajstić information content (AvgIpc) is 3.04. The first kappa shape index (κ1) is 20.5. The van der Waals surface area contributed by atoms with Gasteiger partial charge in [0.2, 0.25) is 5.91 Å². The van der Waals surface area contributed by atoms with Crippen molar-refractivity contribution in [2.75, 3.05) is 25.5 Å². The Bertz CT molecular complexity index is 1060. The van der Waals surface area contributed by atoms with Crippen molar-refractivity contribution in [2.45, 2.75) is 6.92 Å². The average molecular weight is 414 g/mol. The van der Waals surface area contributed by atoms with E-state index in [1.807, 2.05) is 31.2 Å². The van der Waals surface area contributed by atoms with Crippen molar-refractivity contribution in [3.63, 3.8) is 0 Å². The standard InChI is InChI=1S/C21H19FN2O4S/c1-13-16-5-3-4-6-17(16)29-20(13)21(27)28-12-19(26)24(2)11-18(25)23-15-9-7-14(22)8-10-15/h3-10H,11-12H2,1-2H3,(H,23,25). The fourth-order valence-corrected chi connectivity index (χ4v) is 3.81. The Hall–Kier alpha value is -3.26. The summed E-state index contributed by atoms with van der Waals surface area (Å²) in [6.45, 7) is 1.14. The smallest absolute Gasteiger partial charge is 0.349 e. The number of hydrogen-bond donors (Lipinski definition) is 1. The maximum atomic E-state index is 12.9. The molecular formula is C21H19FN2O4S. The lowest BCUT2D eigenvalue weighted by atomic mass is 10.1. The summed E-state index contributed by atoms with van der Waals surface area (Å²) < 4.78 is 19.0. The normalized spacial score (nSPS) is 10.6. The summed E-state index contributed by atoms with van der Waals surface area (Å²) in [5.41, 5.74) is 1.24. The number of ether oxygens (including phenoxy) is 1. The first-order valence-electron chi connectivity index (χ1n) is 8.80. The molecule has 0 spiro atoms. The third-order valence-electron chi connectivity index (χ3n) is 4.29. The second-order valence-corrected chi connectivity index (χ2v) is 7.49. The molecule has 2 amide bonds. The van der Waals surface area contributed by atoms with Gasteiger partial charge >= 0.3 is 5.97 Å². The molecule has 3 rings (SSSR count). The maximum Gasteiger partial charge on any atom is 0.349 e. The molecular weight excluding hydrogens is 395 g/mol. The van der Waals surface area contributed by atoms with E-state index in [2.05, 4.69) is 5.32 Å². The molecule has 0 radical (unpaired) electrons. The van der Waals surface area contributed by atoms with Gasteiger partial charge in [0, 0.05) is 17.4 Å². The number of carbonyl (C=O) groups excluding carboxylic acids is 3. The number of nitrogens with zero attached hydrogens (tertiary/aromatic N) is 1. The molecule has 6 nitrogen and oxygen atoms in total. The summed E-state index contributed by atoms with van der Waals surface area (Å²) in [6.07, 6.45) is 0. The molecule has 150 valence electrons. The number of thiophene rings is 1. The quantitative estimate of drug-likeness (QED) is 0.626. The molecule has 8 heteroatoms. The molecule has 1 N–H and O–H groups in total. The van der Waals surface area contributed by atoms with Crippen LogP contribution in [0, 0.1) is 12.7 Å². The van der Waals surface area contributed by atoms with E-state index in [1.54, 1.807) is 0 Å². The second-order valence-electron chi connectivity index (χ2n) is 6.43. The molecule has 0 atom stereocenters. The van der Waals surface area contributed by atoms with Crippen molar-refractivity contribution in [3.05, 3.63) is 64.8 Å². The van der Waals surface area contributed by atoms with Gasteiger partial charge in [-0.05, 0) is 48.2 Å². The number of benzene rings is 2. The molecule has 0 saturated carbocycles. The van der Waals surface area contributed by atoms with Crippen LogP contribution in [-0.2, 0) is 14.3 Å². The van der Waals surface area contributed by atoms with Gasteiger partial charge in [-0.15, -0.1) is 11.3 Å². The molecule has 29 heavy (non-hydrogen) atoms. The summed E-state index contributed by atoms with van der Waals surface area (Å²) in [4.78, 5) is 38.2. The zero-order chi connectivity index (χ0) is 21.0. The molecule has 0 saturated heterocycles. The monoisotopic (exact) mass is 414 g/mol. The van der Waals surface area contributed by atoms with Crippen LogP contribution < -0.4 is 5.32 Å². The molecule has 0 bridgehead atoms. The first-order chi connectivity index (χ1) is 13.8. The Morgan fingerprint density at radius 2 is 1.79 bits per heavy atom. The van der Waals surface area contributed by atoms with E-state index in [9.17, 15) is 18.8 Å². The predicted octanol–water partition coefficient (Wildman–Crippen LogP) is 3.60. The van der Waals surface area contributed by atoms with E-state index >= 15 is 0 Å². The number of rotatable bonds is 6. The lowest BCUT2D eigenvalue weighted by Gasteiger charge is -2.16. The third-order valence-corrected chi connectivity index (χ3v) is 5.54. The molecule has 1 heterocycles. The summed E-state index contributed by atoms with van der Waals surface area (Å²) in [6, 6.07) is 12.9. The van der Waals surface area contributed by atoms with Crippen LogP contribution in [0.4, 0.5) is 10.1 Å². The van der Waals surface area contributed by atoms with E-state index in [0.717, 1.165) is 20.5 Å². The number of amides is 2. The fourth-order valence-electron chi connectivity index (χ4n) is 2.71. The summed E-state index contributed by atoms with van der Waals surface area (Å²) >= 11 is 1.31. The van der Waals surface area contributed by atoms with Gasteiger partial charge in [-0.3, -0.25) is 9.59 Å². The Labute approximate surface area is 170 Å². The van der Waals surface area contributed by atoms with E-state index in [-0.39, 0.29) is 6.54 Å². The van der Waals surface area contributed by atoms with Gasteiger partial charge in [0.05, 0.1) is 6.54 Å². The number of halogens is 1. The first-order valence-corrected chi connectivity index (χ1v) is 9.61. The van der Waals surface area contributed by atoms with E-state index in [0.29, 0.717) is 10.6 Å². The molecule has 2 aromatic carbocycles. The van der Waals surface area contributed by atoms with Crippen LogP contribution in [-0.4, -0.2) is 42.9 Å². The van der Waals surface area contributed by atoms with E-state index in [1.165, 1.54) is 42.6 Å². The van der Waals surface area contributed by atoms with Gasteiger partial charge in [-0.25, -0.2) is 9.18 Å². The minimum absolute atomic E-state index is 0.227. The summed E-state index contributed by atoms with van der Waals surface area (Å²) in [5.74, 6) is -1.93. The molecule has 0 aliphatic heterocycles. The summed E-state index contributed by atoms with van der Waals surface area (Å²) in [5, 5.41) is 3.54. The topological polar surface area (TPSA) is 75.7 Å². The number of likely N-dealkylation sites (N-methyl/N-ethyl adjacent to an activating group) is 1. The van der Waals surface area contributed by atoms with Gasteiger partial charge in [0.15, 0.2) is 6.61 Å². The number of esters is 1. The number of nitrogens with one attached hydrogen (secondary N) is 1. The lowest BCUT2D eigenvalue weighted by Crippen LogP contribution is -2.37. The predicted molar refractivity (Wildman–Crippen MR) is 110 cm³/mol. The van der Waals surface area contributed by atoms with Crippen molar-refractivity contribution in [3.8, 4) is 0 Å². The highest BCUT2D eigenvalue weighted by molar-refractivity contribution is 7.21. The number of carbonyl (C=O) groups is 3. The van der Waals surface area contributed by atoms with Crippen molar-refractivity contribution in [2.24, 2.45) is 0 Å². The van der Waals surface area contributed by atoms with Crippen molar-refractivity contribution in [1.29, 1.82) is 0 Å². The Balaban J connectivity index is 1.52. The van der Waals surface area contributed by atoms with Crippen LogP contribution >= 0.6 is 11.3 Å². The van der Waals surface area contributed by atoms with Crippen molar-refractivity contribution in [1.82, 2.24) is 4.90 Å². The van der Waals surface area contributed by atoms with Crippen LogP contribution in [0.25, 0.3) is 10.1 Å². The number of aryl methyl sites for hydroxylation is 1.